The normalized spacial score (nSPS) is 17.5. The van der Waals surface area contributed by atoms with Crippen molar-refractivity contribution < 1.29 is 13.2 Å². The van der Waals surface area contributed by atoms with Crippen LogP contribution in [-0.2, 0) is 14.8 Å². The lowest BCUT2D eigenvalue weighted by atomic mass is 10.3. The highest BCUT2D eigenvalue weighted by Gasteiger charge is 2.15. The van der Waals surface area contributed by atoms with Crippen LogP contribution < -0.4 is 10.5 Å². The molecule has 2 rings (SSSR count). The Labute approximate surface area is 113 Å². The zero-order chi connectivity index (χ0) is 13.7. The molecule has 6 nitrogen and oxygen atoms in total. The number of benzene rings is 1. The number of morpholine rings is 1. The first-order valence-electron chi connectivity index (χ1n) is 6.23. The molecule has 1 aliphatic heterocycles. The minimum Gasteiger partial charge on any atom is -0.399 e. The second kappa shape index (κ2) is 6.33. The van der Waals surface area contributed by atoms with Gasteiger partial charge in [0.1, 0.15) is 0 Å². The Morgan fingerprint density at radius 1 is 1.21 bits per heavy atom. The summed E-state index contributed by atoms with van der Waals surface area (Å²) in [6.07, 6.45) is 0. The summed E-state index contributed by atoms with van der Waals surface area (Å²) in [6.45, 7) is 4.22. The molecule has 106 valence electrons. The summed E-state index contributed by atoms with van der Waals surface area (Å²) >= 11 is 0. The van der Waals surface area contributed by atoms with Crippen LogP contribution in [0.5, 0.6) is 0 Å². The third-order valence-electron chi connectivity index (χ3n) is 3.01. The van der Waals surface area contributed by atoms with Crippen LogP contribution in [0.3, 0.4) is 0 Å². The van der Waals surface area contributed by atoms with Crippen LogP contribution in [-0.4, -0.2) is 52.7 Å². The highest BCUT2D eigenvalue weighted by molar-refractivity contribution is 7.89. The van der Waals surface area contributed by atoms with Gasteiger partial charge in [-0.25, -0.2) is 13.1 Å². The number of nitrogens with zero attached hydrogens (tertiary/aromatic N) is 1. The Morgan fingerprint density at radius 3 is 2.47 bits per heavy atom. The molecule has 1 heterocycles. The first kappa shape index (κ1) is 14.3. The first-order valence-corrected chi connectivity index (χ1v) is 7.71. The average Bonchev–Trinajstić information content (AvgIpc) is 2.40. The number of anilines is 1. The Kier molecular flexibility index (Phi) is 4.76. The van der Waals surface area contributed by atoms with Crippen molar-refractivity contribution in [1.82, 2.24) is 9.62 Å². The zero-order valence-electron chi connectivity index (χ0n) is 10.7. The predicted molar refractivity (Wildman–Crippen MR) is 73.3 cm³/mol. The van der Waals surface area contributed by atoms with Crippen molar-refractivity contribution in [3.8, 4) is 0 Å². The SMILES string of the molecule is Nc1ccc(S(=O)(=O)NCCN2CCOCC2)cc1. The van der Waals surface area contributed by atoms with Gasteiger partial charge in [0.05, 0.1) is 18.1 Å². The Bertz CT molecular complexity index is 495. The van der Waals surface area contributed by atoms with Gasteiger partial charge in [-0.3, -0.25) is 4.90 Å². The molecule has 0 radical (unpaired) electrons. The lowest BCUT2D eigenvalue weighted by molar-refractivity contribution is 0.0390. The molecule has 0 aliphatic carbocycles. The number of rotatable bonds is 5. The van der Waals surface area contributed by atoms with Crippen LogP contribution >= 0.6 is 0 Å². The minimum atomic E-state index is -3.44. The van der Waals surface area contributed by atoms with Gasteiger partial charge in [-0.2, -0.15) is 0 Å². The van der Waals surface area contributed by atoms with E-state index in [1.54, 1.807) is 12.1 Å². The van der Waals surface area contributed by atoms with Gasteiger partial charge in [-0.1, -0.05) is 0 Å². The molecule has 0 bridgehead atoms. The number of ether oxygens (including phenoxy) is 1. The van der Waals surface area contributed by atoms with Crippen LogP contribution in [0, 0.1) is 0 Å². The van der Waals surface area contributed by atoms with E-state index < -0.39 is 10.0 Å². The summed E-state index contributed by atoms with van der Waals surface area (Å²) in [7, 11) is -3.44. The number of hydrogen-bond acceptors (Lipinski definition) is 5. The van der Waals surface area contributed by atoms with Crippen LogP contribution in [0.25, 0.3) is 0 Å². The van der Waals surface area contributed by atoms with E-state index >= 15 is 0 Å². The van der Waals surface area contributed by atoms with Gasteiger partial charge in [0.2, 0.25) is 10.0 Å². The predicted octanol–water partition coefficient (Wildman–Crippen LogP) is -0.121. The third kappa shape index (κ3) is 4.17. The summed E-state index contributed by atoms with van der Waals surface area (Å²) in [5.74, 6) is 0. The topological polar surface area (TPSA) is 84.7 Å². The molecule has 1 aromatic rings. The number of hydrogen-bond donors (Lipinski definition) is 2. The van der Waals surface area contributed by atoms with E-state index in [1.165, 1.54) is 12.1 Å². The number of nitrogen functional groups attached to an aromatic ring is 1. The minimum absolute atomic E-state index is 0.240. The van der Waals surface area contributed by atoms with Gasteiger partial charge < -0.3 is 10.5 Å². The third-order valence-corrected chi connectivity index (χ3v) is 4.49. The molecule has 7 heteroatoms. The lowest BCUT2D eigenvalue weighted by Gasteiger charge is -2.26. The fourth-order valence-corrected chi connectivity index (χ4v) is 2.91. The quantitative estimate of drug-likeness (QED) is 0.737. The fourth-order valence-electron chi connectivity index (χ4n) is 1.89. The van der Waals surface area contributed by atoms with Crippen molar-refractivity contribution in [2.45, 2.75) is 4.90 Å². The molecule has 1 saturated heterocycles. The molecule has 0 amide bonds. The molecule has 3 N–H and O–H groups in total. The van der Waals surface area contributed by atoms with Crippen molar-refractivity contribution in [3.05, 3.63) is 24.3 Å². The Balaban J connectivity index is 1.85. The van der Waals surface area contributed by atoms with E-state index in [4.69, 9.17) is 10.5 Å². The van der Waals surface area contributed by atoms with Crippen molar-refractivity contribution in [2.24, 2.45) is 0 Å². The summed E-state index contributed by atoms with van der Waals surface area (Å²) < 4.78 is 31.8. The zero-order valence-corrected chi connectivity index (χ0v) is 11.5. The smallest absolute Gasteiger partial charge is 0.240 e. The average molecular weight is 285 g/mol. The molecule has 0 spiro atoms. The van der Waals surface area contributed by atoms with Crippen molar-refractivity contribution in [2.75, 3.05) is 45.1 Å². The molecule has 1 aliphatic rings. The molecule has 0 unspecified atom stereocenters. The standard InChI is InChI=1S/C12H19N3O3S/c13-11-1-3-12(4-2-11)19(16,17)14-5-6-15-7-9-18-10-8-15/h1-4,14H,5-10,13H2. The van der Waals surface area contributed by atoms with Crippen molar-refractivity contribution in [1.29, 1.82) is 0 Å². The molecular weight excluding hydrogens is 266 g/mol. The van der Waals surface area contributed by atoms with E-state index in [0.29, 0.717) is 32.0 Å². The van der Waals surface area contributed by atoms with E-state index in [-0.39, 0.29) is 4.90 Å². The van der Waals surface area contributed by atoms with Crippen molar-refractivity contribution in [3.63, 3.8) is 0 Å². The summed E-state index contributed by atoms with van der Waals surface area (Å²) in [4.78, 5) is 2.42. The summed E-state index contributed by atoms with van der Waals surface area (Å²) in [5.41, 5.74) is 6.08. The lowest BCUT2D eigenvalue weighted by Crippen LogP contribution is -2.41. The van der Waals surface area contributed by atoms with E-state index in [1.807, 2.05) is 0 Å². The van der Waals surface area contributed by atoms with Crippen LogP contribution in [0.15, 0.2) is 29.2 Å². The molecule has 1 aromatic carbocycles. The number of nitrogens with two attached hydrogens (primary N) is 1. The van der Waals surface area contributed by atoms with Gasteiger partial charge in [0, 0.05) is 31.9 Å². The maximum Gasteiger partial charge on any atom is 0.240 e. The fraction of sp³-hybridized carbons (Fsp3) is 0.500. The van der Waals surface area contributed by atoms with E-state index in [0.717, 1.165) is 13.1 Å². The maximum atomic E-state index is 12.0. The largest absolute Gasteiger partial charge is 0.399 e. The van der Waals surface area contributed by atoms with Gasteiger partial charge >= 0.3 is 0 Å². The van der Waals surface area contributed by atoms with Gasteiger partial charge in [0.15, 0.2) is 0 Å². The van der Waals surface area contributed by atoms with Crippen LogP contribution in [0.1, 0.15) is 0 Å². The molecule has 0 saturated carbocycles. The molecular formula is C12H19N3O3S. The highest BCUT2D eigenvalue weighted by atomic mass is 32.2. The van der Waals surface area contributed by atoms with Crippen LogP contribution in [0.2, 0.25) is 0 Å². The van der Waals surface area contributed by atoms with Crippen LogP contribution in [0.4, 0.5) is 5.69 Å². The van der Waals surface area contributed by atoms with Gasteiger partial charge in [-0.15, -0.1) is 0 Å². The van der Waals surface area contributed by atoms with E-state index in [2.05, 4.69) is 9.62 Å². The highest BCUT2D eigenvalue weighted by Crippen LogP contribution is 2.11. The van der Waals surface area contributed by atoms with Gasteiger partial charge in [0.25, 0.3) is 0 Å². The number of nitrogens with one attached hydrogen (secondary N) is 1. The molecule has 0 atom stereocenters. The maximum absolute atomic E-state index is 12.0. The van der Waals surface area contributed by atoms with Crippen molar-refractivity contribution >= 4 is 15.7 Å². The monoisotopic (exact) mass is 285 g/mol. The second-order valence-electron chi connectivity index (χ2n) is 4.42. The number of sulfonamides is 1. The molecule has 0 aromatic heterocycles. The first-order chi connectivity index (χ1) is 9.08. The summed E-state index contributed by atoms with van der Waals surface area (Å²) in [5, 5.41) is 0. The Hall–Kier alpha value is -1.15. The van der Waals surface area contributed by atoms with E-state index in [9.17, 15) is 8.42 Å². The molecule has 19 heavy (non-hydrogen) atoms. The Morgan fingerprint density at radius 2 is 1.84 bits per heavy atom. The van der Waals surface area contributed by atoms with Gasteiger partial charge in [-0.05, 0) is 24.3 Å². The molecule has 1 fully saturated rings. The second-order valence-corrected chi connectivity index (χ2v) is 6.19. The summed E-state index contributed by atoms with van der Waals surface area (Å²) in [6, 6.07) is 6.17.